The molecule has 1 fully saturated rings. The van der Waals surface area contributed by atoms with Crippen LogP contribution in [0.4, 0.5) is 0 Å². The van der Waals surface area contributed by atoms with Crippen LogP contribution in [0.3, 0.4) is 0 Å². The minimum Gasteiger partial charge on any atom is -0.490 e. The molecule has 0 bridgehead atoms. The van der Waals surface area contributed by atoms with Gasteiger partial charge < -0.3 is 10.1 Å². The summed E-state index contributed by atoms with van der Waals surface area (Å²) in [6, 6.07) is 6.50. The van der Waals surface area contributed by atoms with E-state index >= 15 is 0 Å². The van der Waals surface area contributed by atoms with E-state index < -0.39 is 0 Å². The van der Waals surface area contributed by atoms with Crippen LogP contribution in [0, 0.1) is 6.92 Å². The number of nitrogens with one attached hydrogen (secondary N) is 1. The maximum Gasteiger partial charge on any atom is 0.120 e. The van der Waals surface area contributed by atoms with E-state index in [1.807, 2.05) is 25.1 Å². The normalized spacial score (nSPS) is 23.2. The van der Waals surface area contributed by atoms with Gasteiger partial charge in [0.1, 0.15) is 11.9 Å². The van der Waals surface area contributed by atoms with E-state index in [2.05, 4.69) is 12.2 Å². The number of hydrogen-bond donors (Lipinski definition) is 1. The molecule has 0 saturated heterocycles. The molecule has 3 heteroatoms. The molecule has 0 aromatic heterocycles. The monoisotopic (exact) mass is 253 g/mol. The number of ether oxygens (including phenoxy) is 1. The van der Waals surface area contributed by atoms with Gasteiger partial charge in [-0.05, 0) is 56.5 Å². The maximum absolute atomic E-state index is 5.98. The molecule has 0 atom stereocenters. The lowest BCUT2D eigenvalue weighted by Gasteiger charge is -2.36. The fourth-order valence-corrected chi connectivity index (χ4v) is 2.18. The summed E-state index contributed by atoms with van der Waals surface area (Å²) in [6.07, 6.45) is 3.78. The Hall–Kier alpha value is -0.730. The molecule has 94 valence electrons. The fourth-order valence-electron chi connectivity index (χ4n) is 2.06. The summed E-state index contributed by atoms with van der Waals surface area (Å²) in [6.45, 7) is 5.30. The third kappa shape index (κ3) is 3.36. The van der Waals surface area contributed by atoms with Gasteiger partial charge in [-0.15, -0.1) is 0 Å². The predicted molar refractivity (Wildman–Crippen MR) is 71.9 cm³/mol. The van der Waals surface area contributed by atoms with Gasteiger partial charge in [0.2, 0.25) is 0 Å². The van der Waals surface area contributed by atoms with E-state index in [1.54, 1.807) is 0 Å². The summed E-state index contributed by atoms with van der Waals surface area (Å²) < 4.78 is 5.90. The zero-order valence-corrected chi connectivity index (χ0v) is 11.3. The molecule has 2 rings (SSSR count). The summed E-state index contributed by atoms with van der Waals surface area (Å²) in [7, 11) is 0. The minimum atomic E-state index is 0.366. The predicted octanol–water partition coefficient (Wildman–Crippen LogP) is 3.56. The van der Waals surface area contributed by atoms with E-state index in [9.17, 15) is 0 Å². The molecular weight excluding hydrogens is 234 g/mol. The first-order chi connectivity index (χ1) is 8.19. The molecule has 0 amide bonds. The van der Waals surface area contributed by atoms with E-state index in [-0.39, 0.29) is 0 Å². The number of hydrogen-bond acceptors (Lipinski definition) is 2. The second kappa shape index (κ2) is 5.74. The molecule has 0 unspecified atom stereocenters. The number of aryl methyl sites for hydroxylation is 1. The van der Waals surface area contributed by atoms with Crippen LogP contribution in [0.2, 0.25) is 5.02 Å². The standard InChI is InChI=1S/C14H20ClNO/c1-3-6-16-11-8-13(9-11)17-12-4-5-14(15)10(2)7-12/h4-5,7,11,13,16H,3,6,8-9H2,1-2H3. The van der Waals surface area contributed by atoms with Crippen LogP contribution in [-0.2, 0) is 0 Å². The summed E-state index contributed by atoms with van der Waals surface area (Å²) in [4.78, 5) is 0. The van der Waals surface area contributed by atoms with Gasteiger partial charge in [-0.1, -0.05) is 18.5 Å². The highest BCUT2D eigenvalue weighted by Crippen LogP contribution is 2.28. The smallest absolute Gasteiger partial charge is 0.120 e. The quantitative estimate of drug-likeness (QED) is 0.867. The topological polar surface area (TPSA) is 21.3 Å². The van der Waals surface area contributed by atoms with Crippen LogP contribution in [0.25, 0.3) is 0 Å². The highest BCUT2D eigenvalue weighted by atomic mass is 35.5. The summed E-state index contributed by atoms with van der Waals surface area (Å²) >= 11 is 5.98. The molecule has 1 aliphatic carbocycles. The SMILES string of the molecule is CCCNC1CC(Oc2ccc(Cl)c(C)c2)C1. The van der Waals surface area contributed by atoms with Crippen LogP contribution in [0.15, 0.2) is 18.2 Å². The third-order valence-electron chi connectivity index (χ3n) is 3.21. The minimum absolute atomic E-state index is 0.366. The van der Waals surface area contributed by atoms with Gasteiger partial charge in [0.15, 0.2) is 0 Å². The number of rotatable bonds is 5. The Balaban J connectivity index is 1.77. The Morgan fingerprint density at radius 1 is 1.41 bits per heavy atom. The van der Waals surface area contributed by atoms with Crippen molar-refractivity contribution in [1.29, 1.82) is 0 Å². The van der Waals surface area contributed by atoms with Crippen molar-refractivity contribution >= 4 is 11.6 Å². The van der Waals surface area contributed by atoms with Crippen molar-refractivity contribution in [2.45, 2.75) is 45.3 Å². The van der Waals surface area contributed by atoms with Crippen molar-refractivity contribution in [1.82, 2.24) is 5.32 Å². The van der Waals surface area contributed by atoms with Crippen molar-refractivity contribution in [2.24, 2.45) is 0 Å². The number of benzene rings is 1. The average Bonchev–Trinajstić information content (AvgIpc) is 2.26. The van der Waals surface area contributed by atoms with Crippen molar-refractivity contribution in [2.75, 3.05) is 6.54 Å². The van der Waals surface area contributed by atoms with Crippen LogP contribution >= 0.6 is 11.6 Å². The van der Waals surface area contributed by atoms with Gasteiger partial charge in [-0.3, -0.25) is 0 Å². The van der Waals surface area contributed by atoms with E-state index in [1.165, 1.54) is 6.42 Å². The van der Waals surface area contributed by atoms with Crippen LogP contribution in [-0.4, -0.2) is 18.7 Å². The average molecular weight is 254 g/mol. The second-order valence-electron chi connectivity index (χ2n) is 4.77. The molecule has 2 nitrogen and oxygen atoms in total. The van der Waals surface area contributed by atoms with Gasteiger partial charge in [0.25, 0.3) is 0 Å². The molecule has 1 aliphatic rings. The van der Waals surface area contributed by atoms with E-state index in [0.717, 1.165) is 35.7 Å². The van der Waals surface area contributed by atoms with Crippen molar-refractivity contribution in [3.05, 3.63) is 28.8 Å². The summed E-state index contributed by atoms with van der Waals surface area (Å²) in [5, 5.41) is 4.30. The molecule has 17 heavy (non-hydrogen) atoms. The summed E-state index contributed by atoms with van der Waals surface area (Å²) in [5.74, 6) is 0.936. The molecule has 0 radical (unpaired) electrons. The molecule has 0 spiro atoms. The van der Waals surface area contributed by atoms with Gasteiger partial charge in [-0.25, -0.2) is 0 Å². The summed E-state index contributed by atoms with van der Waals surface area (Å²) in [5.41, 5.74) is 1.07. The van der Waals surface area contributed by atoms with E-state index in [0.29, 0.717) is 12.1 Å². The van der Waals surface area contributed by atoms with Gasteiger partial charge >= 0.3 is 0 Å². The van der Waals surface area contributed by atoms with Gasteiger partial charge in [-0.2, -0.15) is 0 Å². The van der Waals surface area contributed by atoms with E-state index in [4.69, 9.17) is 16.3 Å². The first kappa shape index (κ1) is 12.7. The molecule has 1 saturated carbocycles. The fraction of sp³-hybridized carbons (Fsp3) is 0.571. The zero-order chi connectivity index (χ0) is 12.3. The lowest BCUT2D eigenvalue weighted by atomic mass is 9.89. The Kier molecular flexibility index (Phi) is 4.30. The maximum atomic E-state index is 5.98. The Labute approximate surface area is 108 Å². The Morgan fingerprint density at radius 3 is 2.82 bits per heavy atom. The molecule has 1 N–H and O–H groups in total. The largest absolute Gasteiger partial charge is 0.490 e. The van der Waals surface area contributed by atoms with Crippen LogP contribution in [0.1, 0.15) is 31.7 Å². The lowest BCUT2D eigenvalue weighted by molar-refractivity contribution is 0.0852. The molecule has 0 heterocycles. The second-order valence-corrected chi connectivity index (χ2v) is 5.18. The number of halogens is 1. The zero-order valence-electron chi connectivity index (χ0n) is 10.5. The van der Waals surface area contributed by atoms with Gasteiger partial charge in [0, 0.05) is 11.1 Å². The Bertz CT molecular complexity index is 374. The van der Waals surface area contributed by atoms with Crippen molar-refractivity contribution in [3.63, 3.8) is 0 Å². The first-order valence-electron chi connectivity index (χ1n) is 6.35. The van der Waals surface area contributed by atoms with Crippen LogP contribution < -0.4 is 10.1 Å². The molecular formula is C14H20ClNO. The van der Waals surface area contributed by atoms with Gasteiger partial charge in [0.05, 0.1) is 0 Å². The lowest BCUT2D eigenvalue weighted by Crippen LogP contribution is -2.46. The van der Waals surface area contributed by atoms with Crippen molar-refractivity contribution < 1.29 is 4.74 Å². The highest BCUT2D eigenvalue weighted by Gasteiger charge is 2.30. The molecule has 0 aliphatic heterocycles. The van der Waals surface area contributed by atoms with Crippen molar-refractivity contribution in [3.8, 4) is 5.75 Å². The third-order valence-corrected chi connectivity index (χ3v) is 3.63. The van der Waals surface area contributed by atoms with Crippen LogP contribution in [0.5, 0.6) is 5.75 Å². The Morgan fingerprint density at radius 2 is 2.18 bits per heavy atom. The molecule has 1 aromatic carbocycles. The highest BCUT2D eigenvalue weighted by molar-refractivity contribution is 6.31. The first-order valence-corrected chi connectivity index (χ1v) is 6.73. The molecule has 1 aromatic rings.